The van der Waals surface area contributed by atoms with Crippen molar-refractivity contribution < 1.29 is 60.4 Å². The Balaban J connectivity index is 0.000000402. The molecule has 11 nitrogen and oxygen atoms in total. The third-order valence-corrected chi connectivity index (χ3v) is 6.84. The van der Waals surface area contributed by atoms with Gasteiger partial charge in [0, 0.05) is 44.5 Å². The van der Waals surface area contributed by atoms with Crippen molar-refractivity contribution in [2.45, 2.75) is 38.7 Å². The van der Waals surface area contributed by atoms with E-state index in [1.807, 2.05) is 25.1 Å². The minimum Gasteiger partial charge on any atom is -0.497 e. The zero-order valence-electron chi connectivity index (χ0n) is 23.8. The lowest BCUT2D eigenvalue weighted by atomic mass is 9.75. The Morgan fingerprint density at radius 2 is 1.52 bits per heavy atom. The van der Waals surface area contributed by atoms with E-state index in [0.29, 0.717) is 19.1 Å². The number of methoxy groups -OCH3 is 1. The largest absolute Gasteiger partial charge is 0.497 e. The first-order valence-electron chi connectivity index (χ1n) is 13.2. The second kappa shape index (κ2) is 15.5. The maximum Gasteiger partial charge on any atom is 0.490 e. The van der Waals surface area contributed by atoms with Crippen LogP contribution in [-0.2, 0) is 25.7 Å². The average Bonchev–Trinajstić information content (AvgIpc) is 3.23. The lowest BCUT2D eigenvalue weighted by Gasteiger charge is -2.31. The first-order valence-corrected chi connectivity index (χ1v) is 13.2. The maximum absolute atomic E-state index is 13.1. The Labute approximate surface area is 248 Å². The lowest BCUT2D eigenvalue weighted by Crippen LogP contribution is -2.42. The van der Waals surface area contributed by atoms with E-state index in [1.165, 1.54) is 5.56 Å². The van der Waals surface area contributed by atoms with Gasteiger partial charge in [-0.3, -0.25) is 9.69 Å². The molecular weight excluding hydrogens is 606 g/mol. The first kappa shape index (κ1) is 36.0. The highest BCUT2D eigenvalue weighted by atomic mass is 19.4. The van der Waals surface area contributed by atoms with Crippen LogP contribution in [0.3, 0.4) is 0 Å². The molecule has 2 fully saturated rings. The average molecular weight is 639 g/mol. The molecule has 2 aliphatic rings. The molecule has 44 heavy (non-hydrogen) atoms. The van der Waals surface area contributed by atoms with Gasteiger partial charge >= 0.3 is 30.3 Å². The molecule has 3 heterocycles. The van der Waals surface area contributed by atoms with Crippen molar-refractivity contribution in [2.75, 3.05) is 44.8 Å². The van der Waals surface area contributed by atoms with E-state index < -0.39 is 29.7 Å². The SMILES string of the molecule is CCOC(=O)[C@]12CCCN(Cc3ccc(OC)cc3)C[C@H]1CN(c1ncccn1)C2.O=C(O)C(F)(F)F.O=C(O)C(F)(F)F. The smallest absolute Gasteiger partial charge is 0.490 e. The van der Waals surface area contributed by atoms with Crippen LogP contribution < -0.4 is 9.64 Å². The van der Waals surface area contributed by atoms with Gasteiger partial charge in [-0.2, -0.15) is 26.3 Å². The summed E-state index contributed by atoms with van der Waals surface area (Å²) in [5.74, 6) is -3.85. The van der Waals surface area contributed by atoms with Crippen LogP contribution >= 0.6 is 0 Å². The van der Waals surface area contributed by atoms with E-state index in [4.69, 9.17) is 29.3 Å². The zero-order chi connectivity index (χ0) is 33.1. The van der Waals surface area contributed by atoms with Crippen LogP contribution in [0.1, 0.15) is 25.3 Å². The number of nitrogens with zero attached hydrogens (tertiary/aromatic N) is 4. The number of rotatable bonds is 6. The highest BCUT2D eigenvalue weighted by Crippen LogP contribution is 2.44. The minimum absolute atomic E-state index is 0.0697. The fourth-order valence-electron chi connectivity index (χ4n) is 4.86. The van der Waals surface area contributed by atoms with Crippen molar-refractivity contribution in [1.82, 2.24) is 14.9 Å². The Hall–Kier alpha value is -4.15. The number of hydrogen-bond acceptors (Lipinski definition) is 9. The molecule has 244 valence electrons. The van der Waals surface area contributed by atoms with Crippen molar-refractivity contribution in [3.63, 3.8) is 0 Å². The topological polar surface area (TPSA) is 142 Å². The zero-order valence-corrected chi connectivity index (χ0v) is 23.8. The van der Waals surface area contributed by atoms with E-state index >= 15 is 0 Å². The number of fused-ring (bicyclic) bond motifs is 1. The van der Waals surface area contributed by atoms with Crippen molar-refractivity contribution in [2.24, 2.45) is 11.3 Å². The number of benzene rings is 1. The molecule has 17 heteroatoms. The number of alkyl halides is 6. The Kier molecular flexibility index (Phi) is 12.7. The summed E-state index contributed by atoms with van der Waals surface area (Å²) in [7, 11) is 1.68. The number of carbonyl (C=O) groups is 3. The molecule has 0 spiro atoms. The summed E-state index contributed by atoms with van der Waals surface area (Å²) in [6.07, 6.45) is -4.86. The van der Waals surface area contributed by atoms with Crippen LogP contribution in [0, 0.1) is 11.3 Å². The van der Waals surface area contributed by atoms with Crippen LogP contribution in [0.25, 0.3) is 0 Å². The Morgan fingerprint density at radius 3 is 2.00 bits per heavy atom. The van der Waals surface area contributed by atoms with E-state index in [1.54, 1.807) is 19.5 Å². The number of aromatic nitrogens is 2. The maximum atomic E-state index is 13.1. The molecule has 2 aliphatic heterocycles. The van der Waals surface area contributed by atoms with Crippen LogP contribution in [0.5, 0.6) is 5.75 Å². The van der Waals surface area contributed by atoms with Gasteiger partial charge < -0.3 is 24.6 Å². The van der Waals surface area contributed by atoms with Gasteiger partial charge in [0.25, 0.3) is 0 Å². The molecule has 2 saturated heterocycles. The summed E-state index contributed by atoms with van der Waals surface area (Å²) >= 11 is 0. The second-order valence-electron chi connectivity index (χ2n) is 9.80. The molecule has 0 saturated carbocycles. The monoisotopic (exact) mass is 638 g/mol. The summed E-state index contributed by atoms with van der Waals surface area (Å²) in [6.45, 7) is 6.37. The minimum atomic E-state index is -5.08. The van der Waals surface area contributed by atoms with Gasteiger partial charge in [0.1, 0.15) is 5.75 Å². The number of anilines is 1. The second-order valence-corrected chi connectivity index (χ2v) is 9.80. The molecule has 0 amide bonds. The van der Waals surface area contributed by atoms with E-state index in [2.05, 4.69) is 31.9 Å². The van der Waals surface area contributed by atoms with E-state index in [9.17, 15) is 31.1 Å². The number of aliphatic carboxylic acids is 2. The van der Waals surface area contributed by atoms with E-state index in [0.717, 1.165) is 44.8 Å². The van der Waals surface area contributed by atoms with Gasteiger partial charge in [0.05, 0.1) is 19.1 Å². The van der Waals surface area contributed by atoms with E-state index in [-0.39, 0.29) is 11.9 Å². The first-order chi connectivity index (χ1) is 20.5. The molecule has 0 bridgehead atoms. The number of carboxylic acid groups (broad SMARTS) is 2. The summed E-state index contributed by atoms with van der Waals surface area (Å²) in [5.41, 5.74) is 0.754. The fourth-order valence-corrected chi connectivity index (χ4v) is 4.86. The normalized spacial score (nSPS) is 20.1. The molecule has 1 aromatic heterocycles. The van der Waals surface area contributed by atoms with Crippen LogP contribution in [0.2, 0.25) is 0 Å². The Bertz CT molecular complexity index is 1210. The van der Waals surface area contributed by atoms with Gasteiger partial charge in [0.15, 0.2) is 0 Å². The van der Waals surface area contributed by atoms with Gasteiger partial charge in [-0.05, 0) is 50.1 Å². The number of esters is 1. The Morgan fingerprint density at radius 1 is 0.977 bits per heavy atom. The van der Waals surface area contributed by atoms with Gasteiger partial charge in [0.2, 0.25) is 5.95 Å². The predicted octanol–water partition coefficient (Wildman–Crippen LogP) is 4.03. The number of carbonyl (C=O) groups excluding carboxylic acids is 1. The highest BCUT2D eigenvalue weighted by Gasteiger charge is 2.54. The van der Waals surface area contributed by atoms with Crippen LogP contribution in [0.4, 0.5) is 32.3 Å². The summed E-state index contributed by atoms with van der Waals surface area (Å²) in [4.78, 5) is 44.4. The molecule has 2 aromatic rings. The summed E-state index contributed by atoms with van der Waals surface area (Å²) in [5, 5.41) is 14.2. The van der Waals surface area contributed by atoms with Gasteiger partial charge in [-0.1, -0.05) is 12.1 Å². The fraction of sp³-hybridized carbons (Fsp3) is 0.519. The third kappa shape index (κ3) is 10.2. The molecule has 0 unspecified atom stereocenters. The summed E-state index contributed by atoms with van der Waals surface area (Å²) in [6, 6.07) is 10.0. The van der Waals surface area contributed by atoms with Crippen LogP contribution in [0.15, 0.2) is 42.7 Å². The molecule has 2 atom stereocenters. The molecular formula is C27H32F6N4O7. The number of likely N-dealkylation sites (tertiary alicyclic amines) is 1. The lowest BCUT2D eigenvalue weighted by molar-refractivity contribution is -0.193. The number of carboxylic acids is 2. The highest BCUT2D eigenvalue weighted by molar-refractivity contribution is 5.79. The standard InChI is InChI=1S/C23H30N4O3.2C2HF3O2/c1-3-30-21(28)23-10-4-13-26(14-18-6-8-20(29-2)9-7-18)15-19(23)16-27(17-23)22-24-11-5-12-25-22;2*3-2(4,5)1(6)7/h5-9,11-12,19H,3-4,10,13-17H2,1-2H3;2*(H,6,7)/t19-,23-;;/m0../s1. The third-order valence-electron chi connectivity index (χ3n) is 6.84. The predicted molar refractivity (Wildman–Crippen MR) is 142 cm³/mol. The summed E-state index contributed by atoms with van der Waals surface area (Å²) < 4.78 is 74.3. The molecule has 1 aromatic carbocycles. The number of hydrogen-bond donors (Lipinski definition) is 2. The molecule has 0 aliphatic carbocycles. The van der Waals surface area contributed by atoms with Crippen molar-refractivity contribution in [3.8, 4) is 5.75 Å². The van der Waals surface area contributed by atoms with Crippen molar-refractivity contribution >= 4 is 23.9 Å². The number of ether oxygens (including phenoxy) is 2. The van der Waals surface area contributed by atoms with Crippen molar-refractivity contribution in [1.29, 1.82) is 0 Å². The molecule has 4 rings (SSSR count). The van der Waals surface area contributed by atoms with Crippen LogP contribution in [-0.4, -0.2) is 95.2 Å². The van der Waals surface area contributed by atoms with Crippen molar-refractivity contribution in [3.05, 3.63) is 48.3 Å². The quantitative estimate of drug-likeness (QED) is 0.350. The van der Waals surface area contributed by atoms with Gasteiger partial charge in [-0.25, -0.2) is 19.6 Å². The van der Waals surface area contributed by atoms with Gasteiger partial charge in [-0.15, -0.1) is 0 Å². The molecule has 2 N–H and O–H groups in total. The molecule has 0 radical (unpaired) electrons. The number of halogens is 6.